The molecule has 0 saturated carbocycles. The Hall–Kier alpha value is -3.45. The van der Waals surface area contributed by atoms with E-state index in [0.29, 0.717) is 17.7 Å². The Bertz CT molecular complexity index is 1320. The van der Waals surface area contributed by atoms with Crippen molar-refractivity contribution in [3.63, 3.8) is 0 Å². The van der Waals surface area contributed by atoms with Crippen LogP contribution >= 0.6 is 0 Å². The molecular weight excluding hydrogens is 386 g/mol. The number of carbonyl (C=O) groups is 1. The number of fused-ring (bicyclic) bond motifs is 1. The summed E-state index contributed by atoms with van der Waals surface area (Å²) in [6.45, 7) is 2.03. The van der Waals surface area contributed by atoms with Gasteiger partial charge < -0.3 is 5.32 Å². The first-order valence-corrected chi connectivity index (χ1v) is 10.8. The van der Waals surface area contributed by atoms with Crippen LogP contribution in [0.15, 0.2) is 71.9 Å². The highest BCUT2D eigenvalue weighted by atomic mass is 32.2. The summed E-state index contributed by atoms with van der Waals surface area (Å²) in [5.41, 5.74) is 5.90. The van der Waals surface area contributed by atoms with Gasteiger partial charge >= 0.3 is 0 Å². The lowest BCUT2D eigenvalue weighted by molar-refractivity contribution is -0.105. The van der Waals surface area contributed by atoms with Gasteiger partial charge in [0.1, 0.15) is 0 Å². The zero-order valence-electron chi connectivity index (χ0n) is 16.0. The molecule has 0 radical (unpaired) electrons. The number of aryl methyl sites for hydroxylation is 1. The van der Waals surface area contributed by atoms with Gasteiger partial charge in [0.2, 0.25) is 6.41 Å². The number of carbonyl (C=O) groups excluding carboxylic acids is 1. The molecule has 2 heterocycles. The molecule has 0 saturated heterocycles. The molecule has 0 fully saturated rings. The maximum Gasteiger partial charge on any atom is 0.211 e. The average Bonchev–Trinajstić information content (AvgIpc) is 3.12. The van der Waals surface area contributed by atoms with Gasteiger partial charge in [-0.1, -0.05) is 42.0 Å². The van der Waals surface area contributed by atoms with Crippen LogP contribution in [0, 0.1) is 6.92 Å². The molecule has 29 heavy (non-hydrogen) atoms. The van der Waals surface area contributed by atoms with Crippen LogP contribution in [-0.4, -0.2) is 30.5 Å². The number of hydrogen-bond donors (Lipinski definition) is 1. The molecule has 0 spiro atoms. The molecule has 1 amide bonds. The fourth-order valence-corrected chi connectivity index (χ4v) is 3.96. The summed E-state index contributed by atoms with van der Waals surface area (Å²) in [6.07, 6.45) is 5.49. The van der Waals surface area contributed by atoms with Gasteiger partial charge in [-0.3, -0.25) is 9.20 Å². The van der Waals surface area contributed by atoms with Crippen LogP contribution < -0.4 is 5.32 Å². The zero-order chi connectivity index (χ0) is 20.6. The smallest absolute Gasteiger partial charge is 0.211 e. The van der Waals surface area contributed by atoms with E-state index in [1.807, 2.05) is 41.8 Å². The van der Waals surface area contributed by atoms with Gasteiger partial charge in [-0.2, -0.15) is 0 Å². The molecule has 0 aliphatic carbocycles. The first-order valence-electron chi connectivity index (χ1n) is 8.95. The van der Waals surface area contributed by atoms with Crippen LogP contribution in [0.25, 0.3) is 28.0 Å². The molecule has 7 heteroatoms. The van der Waals surface area contributed by atoms with Gasteiger partial charge in [-0.25, -0.2) is 13.4 Å². The summed E-state index contributed by atoms with van der Waals surface area (Å²) in [4.78, 5) is 15.8. The molecule has 0 atom stereocenters. The number of pyridine rings is 1. The van der Waals surface area contributed by atoms with E-state index in [1.165, 1.54) is 6.26 Å². The Morgan fingerprint density at radius 3 is 2.41 bits per heavy atom. The van der Waals surface area contributed by atoms with Gasteiger partial charge in [0.05, 0.1) is 22.5 Å². The standard InChI is InChI=1S/C22H19N3O3S/c1-15-4-3-5-17(10-15)18-11-20(24-14-26)22-23-12-21(25(22)13-18)16-6-8-19(9-7-16)29(2,27)28/h3-14H,1-2H3,(H,24,26). The van der Waals surface area contributed by atoms with Crippen LogP contribution in [0.3, 0.4) is 0 Å². The third-order valence-electron chi connectivity index (χ3n) is 4.75. The fraction of sp³-hybridized carbons (Fsp3) is 0.0909. The lowest BCUT2D eigenvalue weighted by Gasteiger charge is -2.10. The minimum Gasteiger partial charge on any atom is -0.326 e. The van der Waals surface area contributed by atoms with Crippen molar-refractivity contribution in [3.8, 4) is 22.4 Å². The summed E-state index contributed by atoms with van der Waals surface area (Å²) in [6, 6.07) is 16.7. The Morgan fingerprint density at radius 2 is 1.76 bits per heavy atom. The number of aromatic nitrogens is 2. The van der Waals surface area contributed by atoms with Crippen molar-refractivity contribution in [2.45, 2.75) is 11.8 Å². The van der Waals surface area contributed by atoms with Crippen molar-refractivity contribution in [1.82, 2.24) is 9.38 Å². The molecule has 4 rings (SSSR count). The molecule has 0 aliphatic rings. The van der Waals surface area contributed by atoms with E-state index >= 15 is 0 Å². The molecule has 2 aromatic heterocycles. The number of nitrogens with zero attached hydrogens (tertiary/aromatic N) is 2. The van der Waals surface area contributed by atoms with Gasteiger partial charge in [-0.05, 0) is 30.7 Å². The van der Waals surface area contributed by atoms with Crippen LogP contribution in [-0.2, 0) is 14.6 Å². The van der Waals surface area contributed by atoms with Crippen LogP contribution in [0.4, 0.5) is 5.69 Å². The van der Waals surface area contributed by atoms with Gasteiger partial charge in [-0.15, -0.1) is 0 Å². The maximum absolute atomic E-state index is 11.7. The van der Waals surface area contributed by atoms with E-state index in [1.54, 1.807) is 30.5 Å². The average molecular weight is 405 g/mol. The highest BCUT2D eigenvalue weighted by Gasteiger charge is 2.13. The predicted octanol–water partition coefficient (Wildman–Crippen LogP) is 3.95. The first kappa shape index (κ1) is 18.9. The van der Waals surface area contributed by atoms with Crippen molar-refractivity contribution in [3.05, 3.63) is 72.6 Å². The Balaban J connectivity index is 1.91. The Morgan fingerprint density at radius 1 is 1.00 bits per heavy atom. The molecule has 2 aromatic carbocycles. The van der Waals surface area contributed by atoms with E-state index in [2.05, 4.69) is 16.4 Å². The molecule has 0 aliphatic heterocycles. The largest absolute Gasteiger partial charge is 0.326 e. The van der Waals surface area contributed by atoms with E-state index in [9.17, 15) is 13.2 Å². The number of sulfone groups is 1. The van der Waals surface area contributed by atoms with Crippen LogP contribution in [0.2, 0.25) is 0 Å². The van der Waals surface area contributed by atoms with E-state index in [0.717, 1.165) is 27.9 Å². The highest BCUT2D eigenvalue weighted by Crippen LogP contribution is 2.30. The SMILES string of the molecule is Cc1cccc(-c2cc(NC=O)c3ncc(-c4ccc(S(C)(=O)=O)cc4)n3c2)c1. The lowest BCUT2D eigenvalue weighted by Crippen LogP contribution is -2.00. The third kappa shape index (κ3) is 3.64. The second kappa shape index (κ2) is 7.18. The number of hydrogen-bond acceptors (Lipinski definition) is 4. The van der Waals surface area contributed by atoms with Crippen molar-refractivity contribution >= 4 is 27.6 Å². The quantitative estimate of drug-likeness (QED) is 0.510. The second-order valence-electron chi connectivity index (χ2n) is 6.91. The third-order valence-corrected chi connectivity index (χ3v) is 5.88. The van der Waals surface area contributed by atoms with Crippen molar-refractivity contribution in [2.24, 2.45) is 0 Å². The van der Waals surface area contributed by atoms with Gasteiger partial charge in [0, 0.05) is 23.6 Å². The van der Waals surface area contributed by atoms with Gasteiger partial charge in [0.15, 0.2) is 15.5 Å². The molecule has 1 N–H and O–H groups in total. The molecular formula is C22H19N3O3S. The summed E-state index contributed by atoms with van der Waals surface area (Å²) in [7, 11) is -3.26. The first-order chi connectivity index (χ1) is 13.9. The molecule has 0 bridgehead atoms. The number of amides is 1. The van der Waals surface area contributed by atoms with Crippen LogP contribution in [0.5, 0.6) is 0 Å². The minimum atomic E-state index is -3.26. The van der Waals surface area contributed by atoms with Crippen molar-refractivity contribution < 1.29 is 13.2 Å². The number of nitrogens with one attached hydrogen (secondary N) is 1. The topological polar surface area (TPSA) is 80.5 Å². The normalized spacial score (nSPS) is 11.5. The number of rotatable bonds is 5. The Kier molecular flexibility index (Phi) is 4.68. The highest BCUT2D eigenvalue weighted by molar-refractivity contribution is 7.90. The molecule has 146 valence electrons. The number of imidazole rings is 1. The molecule has 4 aromatic rings. The van der Waals surface area contributed by atoms with Gasteiger partial charge in [0.25, 0.3) is 0 Å². The van der Waals surface area contributed by atoms with Crippen LogP contribution in [0.1, 0.15) is 5.56 Å². The molecule has 0 unspecified atom stereocenters. The maximum atomic E-state index is 11.7. The van der Waals surface area contributed by atoms with Crippen molar-refractivity contribution in [1.29, 1.82) is 0 Å². The van der Waals surface area contributed by atoms with Crippen molar-refractivity contribution in [2.75, 3.05) is 11.6 Å². The number of anilines is 1. The molecule has 6 nitrogen and oxygen atoms in total. The summed E-state index contributed by atoms with van der Waals surface area (Å²) < 4.78 is 25.4. The van der Waals surface area contributed by atoms with E-state index < -0.39 is 9.84 Å². The number of benzene rings is 2. The Labute approximate surface area is 168 Å². The minimum absolute atomic E-state index is 0.263. The lowest BCUT2D eigenvalue weighted by atomic mass is 10.0. The fourth-order valence-electron chi connectivity index (χ4n) is 3.33. The van der Waals surface area contributed by atoms with E-state index in [-0.39, 0.29) is 4.90 Å². The summed E-state index contributed by atoms with van der Waals surface area (Å²) in [5.74, 6) is 0. The summed E-state index contributed by atoms with van der Waals surface area (Å²) in [5, 5.41) is 2.73. The predicted molar refractivity (Wildman–Crippen MR) is 114 cm³/mol. The summed E-state index contributed by atoms with van der Waals surface area (Å²) >= 11 is 0. The van der Waals surface area contributed by atoms with E-state index in [4.69, 9.17) is 0 Å². The monoisotopic (exact) mass is 405 g/mol. The second-order valence-corrected chi connectivity index (χ2v) is 8.92. The zero-order valence-corrected chi connectivity index (χ0v) is 16.8.